The predicted octanol–water partition coefficient (Wildman–Crippen LogP) is 3.67. The van der Waals surface area contributed by atoms with Crippen LogP contribution in [-0.2, 0) is 14.3 Å². The Morgan fingerprint density at radius 3 is 2.05 bits per heavy atom. The minimum atomic E-state index is -0.537. The van der Waals surface area contributed by atoms with Crippen molar-refractivity contribution in [2.45, 2.75) is 25.6 Å². The Hall–Kier alpha value is -4.41. The summed E-state index contributed by atoms with van der Waals surface area (Å²) in [5.74, 6) is -1.20. The highest BCUT2D eigenvalue weighted by molar-refractivity contribution is 6.45. The minimum Gasteiger partial charge on any atom is -0.448 e. The number of fused-ring (bicyclic) bond motifs is 3. The summed E-state index contributed by atoms with van der Waals surface area (Å²) in [7, 11) is -0.537. The van der Waals surface area contributed by atoms with Gasteiger partial charge in [0.1, 0.15) is 6.61 Å². The topological polar surface area (TPSA) is 111 Å². The molecule has 0 aromatic heterocycles. The monoisotopic (exact) mass is 578 g/mol. The molecule has 3 aromatic rings. The van der Waals surface area contributed by atoms with E-state index in [0.29, 0.717) is 31.5 Å². The van der Waals surface area contributed by atoms with Crippen molar-refractivity contribution < 1.29 is 24.1 Å². The van der Waals surface area contributed by atoms with Crippen LogP contribution in [0.15, 0.2) is 84.4 Å². The first-order valence-electron chi connectivity index (χ1n) is 14.8. The first-order chi connectivity index (χ1) is 20.9. The van der Waals surface area contributed by atoms with Crippen molar-refractivity contribution in [2.75, 3.05) is 32.8 Å². The molecular weight excluding hydrogens is 543 g/mol. The smallest absolute Gasteiger partial charge is 0.409 e. The van der Waals surface area contributed by atoms with E-state index in [9.17, 15) is 19.4 Å². The molecule has 2 aliphatic heterocycles. The predicted molar refractivity (Wildman–Crippen MR) is 164 cm³/mol. The number of hydrogen-bond donors (Lipinski definition) is 3. The van der Waals surface area contributed by atoms with Crippen molar-refractivity contribution in [1.82, 2.24) is 20.6 Å². The number of hydrogen-bond acceptors (Lipinski definition) is 6. The molecule has 0 spiro atoms. The highest BCUT2D eigenvalue weighted by Crippen LogP contribution is 2.44. The van der Waals surface area contributed by atoms with Crippen LogP contribution in [0, 0.1) is 5.92 Å². The largest absolute Gasteiger partial charge is 0.448 e. The molecule has 6 rings (SSSR count). The molecule has 0 radical (unpaired) electrons. The van der Waals surface area contributed by atoms with Gasteiger partial charge < -0.3 is 19.5 Å². The van der Waals surface area contributed by atoms with Gasteiger partial charge in [0.25, 0.3) is 5.91 Å². The molecule has 0 saturated carbocycles. The number of nitrogens with one attached hydrogen (secondary N) is 2. The Bertz CT molecular complexity index is 1500. The van der Waals surface area contributed by atoms with Gasteiger partial charge in [-0.05, 0) is 60.6 Å². The lowest BCUT2D eigenvalue weighted by Gasteiger charge is -2.37. The third-order valence-electron chi connectivity index (χ3n) is 8.72. The number of carbonyl (C=O) groups excluding carboxylic acids is 3. The van der Waals surface area contributed by atoms with Gasteiger partial charge in [-0.25, -0.2) is 4.79 Å². The molecule has 43 heavy (non-hydrogen) atoms. The fourth-order valence-corrected chi connectivity index (χ4v) is 6.28. The maximum atomic E-state index is 13.3. The Balaban J connectivity index is 1.01. The fraction of sp³-hybridized carbons (Fsp3) is 0.303. The van der Waals surface area contributed by atoms with Crippen molar-refractivity contribution >= 4 is 30.5 Å². The molecule has 2 saturated heterocycles. The molecule has 1 aliphatic carbocycles. The zero-order chi connectivity index (χ0) is 29.9. The summed E-state index contributed by atoms with van der Waals surface area (Å²) in [6, 6.07) is 25.7. The lowest BCUT2D eigenvalue weighted by molar-refractivity contribution is -0.133. The first-order valence-corrected chi connectivity index (χ1v) is 14.8. The Kier molecular flexibility index (Phi) is 8.31. The molecule has 0 bridgehead atoms. The van der Waals surface area contributed by atoms with Crippen LogP contribution in [0.5, 0.6) is 0 Å². The van der Waals surface area contributed by atoms with E-state index in [1.54, 1.807) is 6.82 Å². The van der Waals surface area contributed by atoms with Crippen LogP contribution in [0.4, 0.5) is 4.79 Å². The summed E-state index contributed by atoms with van der Waals surface area (Å²) in [5, 5.41) is 9.91. The van der Waals surface area contributed by atoms with Crippen LogP contribution < -0.4 is 10.9 Å². The first kappa shape index (κ1) is 28.7. The van der Waals surface area contributed by atoms with Crippen molar-refractivity contribution in [2.24, 2.45) is 5.92 Å². The number of ether oxygens (including phenoxy) is 1. The lowest BCUT2D eigenvalue weighted by Crippen LogP contribution is -2.58. The Morgan fingerprint density at radius 1 is 0.860 bits per heavy atom. The molecule has 2 fully saturated rings. The maximum absolute atomic E-state index is 13.3. The molecule has 2 heterocycles. The van der Waals surface area contributed by atoms with E-state index in [0.717, 1.165) is 33.4 Å². The van der Waals surface area contributed by atoms with E-state index in [2.05, 4.69) is 35.1 Å². The van der Waals surface area contributed by atoms with Crippen LogP contribution in [0.1, 0.15) is 35.4 Å². The van der Waals surface area contributed by atoms with Crippen molar-refractivity contribution in [3.8, 4) is 11.1 Å². The summed E-state index contributed by atoms with van der Waals surface area (Å²) in [6.45, 7) is 3.71. The average Bonchev–Trinajstić information content (AvgIpc) is 3.33. The van der Waals surface area contributed by atoms with E-state index in [1.165, 1.54) is 4.90 Å². The number of rotatable bonds is 6. The van der Waals surface area contributed by atoms with Gasteiger partial charge in [0.05, 0.1) is 5.92 Å². The molecule has 3 aromatic carbocycles. The summed E-state index contributed by atoms with van der Waals surface area (Å²) >= 11 is 0. The number of amides is 3. The van der Waals surface area contributed by atoms with Crippen LogP contribution in [0.25, 0.3) is 16.7 Å². The van der Waals surface area contributed by atoms with Gasteiger partial charge in [0.15, 0.2) is 0 Å². The number of likely N-dealkylation sites (tertiary alicyclic amines) is 1. The van der Waals surface area contributed by atoms with Gasteiger partial charge in [-0.1, -0.05) is 84.4 Å². The molecule has 0 unspecified atom stereocenters. The second kappa shape index (κ2) is 12.4. The second-order valence-corrected chi connectivity index (χ2v) is 11.4. The molecule has 3 N–H and O–H groups in total. The number of piperidine rings is 1. The second-order valence-electron chi connectivity index (χ2n) is 11.4. The van der Waals surface area contributed by atoms with Crippen molar-refractivity contribution in [3.63, 3.8) is 0 Å². The van der Waals surface area contributed by atoms with E-state index >= 15 is 0 Å². The highest BCUT2D eigenvalue weighted by atomic mass is 16.6. The Labute approximate surface area is 251 Å². The van der Waals surface area contributed by atoms with Crippen molar-refractivity contribution in [1.29, 1.82) is 0 Å². The quantitative estimate of drug-likeness (QED) is 0.234. The third-order valence-corrected chi connectivity index (χ3v) is 8.72. The minimum absolute atomic E-state index is 0.0286. The fourth-order valence-electron chi connectivity index (χ4n) is 6.28. The number of nitrogens with zero attached hydrogens (tertiary/aromatic N) is 2. The number of benzene rings is 3. The van der Waals surface area contributed by atoms with Gasteiger partial charge in [-0.15, -0.1) is 0 Å². The van der Waals surface area contributed by atoms with E-state index in [4.69, 9.17) is 4.74 Å². The van der Waals surface area contributed by atoms with Crippen LogP contribution >= 0.6 is 0 Å². The third kappa shape index (κ3) is 5.93. The number of hydrazine groups is 1. The van der Waals surface area contributed by atoms with Gasteiger partial charge in [0.2, 0.25) is 5.91 Å². The van der Waals surface area contributed by atoms with Gasteiger partial charge in [0, 0.05) is 24.6 Å². The van der Waals surface area contributed by atoms with E-state index < -0.39 is 19.1 Å². The van der Waals surface area contributed by atoms with E-state index in [-0.39, 0.29) is 37.4 Å². The Morgan fingerprint density at radius 2 is 1.44 bits per heavy atom. The highest BCUT2D eigenvalue weighted by Gasteiger charge is 2.38. The summed E-state index contributed by atoms with van der Waals surface area (Å²) < 4.78 is 5.70. The molecular formula is C33H35BN4O5. The van der Waals surface area contributed by atoms with Crippen LogP contribution in [-0.4, -0.2) is 72.5 Å². The normalized spacial score (nSPS) is 16.5. The summed E-state index contributed by atoms with van der Waals surface area (Å²) in [5.41, 5.74) is 12.1. The zero-order valence-corrected chi connectivity index (χ0v) is 24.2. The molecule has 3 aliphatic rings. The molecule has 3 amide bonds. The maximum Gasteiger partial charge on any atom is 0.409 e. The molecule has 9 nitrogen and oxygen atoms in total. The summed E-state index contributed by atoms with van der Waals surface area (Å²) in [6.07, 6.45) is 0.845. The molecule has 10 heteroatoms. The zero-order valence-electron chi connectivity index (χ0n) is 24.2. The van der Waals surface area contributed by atoms with Gasteiger partial charge in [-0.3, -0.25) is 20.4 Å². The standard InChI is InChI=1S/C33H35BN4O5/c1-34(42)38-17-15-23(16-18-38)30(22-9-3-2-4-10-22)32(40)36-35-31(39)24-19-37(20-24)33(41)43-21-29-27-13-7-5-11-25(27)26-12-6-8-14-28(26)29/h2-14,24,29,42H,15-21H2,1H3,(H,35,39)(H,36,40). The SMILES string of the molecule is CB(O)N1CCC(=C(C(=O)NNC(=O)C2CN(C(=O)OCC3c4ccccc4-c4ccccc43)C2)c2ccccc2)CC1. The van der Waals surface area contributed by atoms with Gasteiger partial charge >= 0.3 is 13.1 Å². The number of carbonyl (C=O) groups is 3. The average molecular weight is 578 g/mol. The van der Waals surface area contributed by atoms with E-state index in [1.807, 2.05) is 59.4 Å². The molecule has 220 valence electrons. The van der Waals surface area contributed by atoms with Crippen molar-refractivity contribution in [3.05, 3.63) is 101 Å². The molecule has 0 atom stereocenters. The summed E-state index contributed by atoms with van der Waals surface area (Å²) in [4.78, 5) is 42.4. The van der Waals surface area contributed by atoms with Crippen LogP contribution in [0.3, 0.4) is 0 Å². The van der Waals surface area contributed by atoms with Crippen LogP contribution in [0.2, 0.25) is 6.82 Å². The van der Waals surface area contributed by atoms with Gasteiger partial charge in [-0.2, -0.15) is 0 Å². The lowest BCUT2D eigenvalue weighted by atomic mass is 9.81.